The van der Waals surface area contributed by atoms with Crippen LogP contribution in [0.2, 0.25) is 0 Å². The fourth-order valence-corrected chi connectivity index (χ4v) is 2.53. The molecule has 0 atom stereocenters. The van der Waals surface area contributed by atoms with Crippen LogP contribution < -0.4 is 4.90 Å². The molecule has 22 heavy (non-hydrogen) atoms. The fourth-order valence-electron chi connectivity index (χ4n) is 2.53. The number of aryl methyl sites for hydroxylation is 1. The van der Waals surface area contributed by atoms with Gasteiger partial charge in [-0.05, 0) is 37.5 Å². The second-order valence-corrected chi connectivity index (χ2v) is 5.64. The first-order valence-corrected chi connectivity index (χ1v) is 8.12. The highest BCUT2D eigenvalue weighted by atomic mass is 16.2. The van der Waals surface area contributed by atoms with Gasteiger partial charge in [0.05, 0.1) is 0 Å². The van der Waals surface area contributed by atoms with Crippen LogP contribution in [-0.4, -0.2) is 36.3 Å². The first kappa shape index (κ1) is 18.2. The number of anilines is 1. The van der Waals surface area contributed by atoms with Gasteiger partial charge in [0.1, 0.15) is 0 Å². The Morgan fingerprint density at radius 2 is 1.68 bits per heavy atom. The first-order valence-electron chi connectivity index (χ1n) is 8.12. The standard InChI is InChI=1S/C18H28N2O2/c1-5-11-19(12-6-2)18(22)10-13-20(16(4)21)17-9-7-8-15(3)14-17/h7-9,14H,5-6,10-13H2,1-4H3. The van der Waals surface area contributed by atoms with Crippen LogP contribution in [-0.2, 0) is 9.59 Å². The van der Waals surface area contributed by atoms with E-state index in [1.807, 2.05) is 36.1 Å². The van der Waals surface area contributed by atoms with Crippen molar-refractivity contribution in [2.24, 2.45) is 0 Å². The van der Waals surface area contributed by atoms with E-state index in [1.165, 1.54) is 0 Å². The lowest BCUT2D eigenvalue weighted by atomic mass is 10.2. The zero-order valence-electron chi connectivity index (χ0n) is 14.3. The van der Waals surface area contributed by atoms with Crippen LogP contribution in [0, 0.1) is 6.92 Å². The van der Waals surface area contributed by atoms with Gasteiger partial charge in [-0.2, -0.15) is 0 Å². The van der Waals surface area contributed by atoms with E-state index in [0.29, 0.717) is 13.0 Å². The Kier molecular flexibility index (Phi) is 7.64. The molecule has 1 rings (SSSR count). The largest absolute Gasteiger partial charge is 0.343 e. The van der Waals surface area contributed by atoms with Crippen molar-refractivity contribution < 1.29 is 9.59 Å². The number of benzene rings is 1. The summed E-state index contributed by atoms with van der Waals surface area (Å²) in [5, 5.41) is 0. The molecule has 0 saturated heterocycles. The Morgan fingerprint density at radius 3 is 2.18 bits per heavy atom. The molecule has 0 bridgehead atoms. The van der Waals surface area contributed by atoms with Gasteiger partial charge in [-0.15, -0.1) is 0 Å². The minimum atomic E-state index is -0.0315. The second kappa shape index (κ2) is 9.23. The summed E-state index contributed by atoms with van der Waals surface area (Å²) in [5.41, 5.74) is 1.96. The summed E-state index contributed by atoms with van der Waals surface area (Å²) in [6.07, 6.45) is 2.29. The lowest BCUT2D eigenvalue weighted by Gasteiger charge is -2.25. The molecule has 0 N–H and O–H groups in total. The molecule has 1 aromatic carbocycles. The highest BCUT2D eigenvalue weighted by molar-refractivity contribution is 5.92. The van der Waals surface area contributed by atoms with Crippen molar-refractivity contribution in [3.8, 4) is 0 Å². The van der Waals surface area contributed by atoms with Gasteiger partial charge in [0.25, 0.3) is 0 Å². The summed E-state index contributed by atoms with van der Waals surface area (Å²) < 4.78 is 0. The topological polar surface area (TPSA) is 40.6 Å². The van der Waals surface area contributed by atoms with Gasteiger partial charge in [0.2, 0.25) is 11.8 Å². The maximum absolute atomic E-state index is 12.3. The summed E-state index contributed by atoms with van der Waals surface area (Å²) in [6.45, 7) is 9.70. The number of rotatable bonds is 8. The van der Waals surface area contributed by atoms with Gasteiger partial charge >= 0.3 is 0 Å². The molecule has 0 saturated carbocycles. The number of hydrogen-bond acceptors (Lipinski definition) is 2. The minimum Gasteiger partial charge on any atom is -0.343 e. The van der Waals surface area contributed by atoms with Crippen LogP contribution in [0.1, 0.15) is 45.6 Å². The molecular formula is C18H28N2O2. The van der Waals surface area contributed by atoms with Crippen LogP contribution in [0.4, 0.5) is 5.69 Å². The Hall–Kier alpha value is -1.84. The van der Waals surface area contributed by atoms with Crippen molar-refractivity contribution in [3.05, 3.63) is 29.8 Å². The minimum absolute atomic E-state index is 0.0315. The molecule has 0 aliphatic heterocycles. The maximum atomic E-state index is 12.3. The number of amides is 2. The molecule has 0 aliphatic carbocycles. The van der Waals surface area contributed by atoms with E-state index < -0.39 is 0 Å². The van der Waals surface area contributed by atoms with Crippen molar-refractivity contribution in [1.29, 1.82) is 0 Å². The lowest BCUT2D eigenvalue weighted by molar-refractivity contribution is -0.131. The molecular weight excluding hydrogens is 276 g/mol. The SMILES string of the molecule is CCCN(CCC)C(=O)CCN(C(C)=O)c1cccc(C)c1. The van der Waals surface area contributed by atoms with Crippen molar-refractivity contribution in [1.82, 2.24) is 4.90 Å². The Labute approximate surface area is 134 Å². The summed E-state index contributed by atoms with van der Waals surface area (Å²) in [5.74, 6) is 0.0959. The van der Waals surface area contributed by atoms with E-state index in [9.17, 15) is 9.59 Å². The fraction of sp³-hybridized carbons (Fsp3) is 0.556. The molecule has 2 amide bonds. The molecule has 4 nitrogen and oxygen atoms in total. The normalized spacial score (nSPS) is 10.4. The van der Waals surface area contributed by atoms with Crippen LogP contribution in [0.15, 0.2) is 24.3 Å². The van der Waals surface area contributed by atoms with Crippen LogP contribution in [0.25, 0.3) is 0 Å². The van der Waals surface area contributed by atoms with E-state index in [-0.39, 0.29) is 11.8 Å². The van der Waals surface area contributed by atoms with Crippen LogP contribution >= 0.6 is 0 Å². The van der Waals surface area contributed by atoms with Gasteiger partial charge in [-0.3, -0.25) is 9.59 Å². The summed E-state index contributed by atoms with van der Waals surface area (Å²) in [7, 11) is 0. The first-order chi connectivity index (χ1) is 10.5. The number of carbonyl (C=O) groups is 2. The van der Waals surface area contributed by atoms with Gasteiger partial charge < -0.3 is 9.80 Å². The third kappa shape index (κ3) is 5.51. The van der Waals surface area contributed by atoms with Crippen molar-refractivity contribution in [2.45, 2.75) is 47.0 Å². The molecule has 0 radical (unpaired) electrons. The average Bonchev–Trinajstić information content (AvgIpc) is 2.46. The van der Waals surface area contributed by atoms with Crippen LogP contribution in [0.3, 0.4) is 0 Å². The predicted molar refractivity (Wildman–Crippen MR) is 91.0 cm³/mol. The molecule has 0 fully saturated rings. The number of carbonyl (C=O) groups excluding carboxylic acids is 2. The molecule has 0 aliphatic rings. The number of hydrogen-bond donors (Lipinski definition) is 0. The summed E-state index contributed by atoms with van der Waals surface area (Å²) in [4.78, 5) is 27.8. The van der Waals surface area contributed by atoms with E-state index in [2.05, 4.69) is 13.8 Å². The van der Waals surface area contributed by atoms with E-state index in [1.54, 1.807) is 11.8 Å². The van der Waals surface area contributed by atoms with Crippen molar-refractivity contribution >= 4 is 17.5 Å². The molecule has 4 heteroatoms. The van der Waals surface area contributed by atoms with Gasteiger partial charge in [-0.1, -0.05) is 26.0 Å². The maximum Gasteiger partial charge on any atom is 0.224 e. The van der Waals surface area contributed by atoms with Gasteiger partial charge in [0.15, 0.2) is 0 Å². The monoisotopic (exact) mass is 304 g/mol. The Morgan fingerprint density at radius 1 is 1.05 bits per heavy atom. The predicted octanol–water partition coefficient (Wildman–Crippen LogP) is 3.39. The molecule has 0 spiro atoms. The van der Waals surface area contributed by atoms with Gasteiger partial charge in [0, 0.05) is 38.7 Å². The smallest absolute Gasteiger partial charge is 0.224 e. The van der Waals surface area contributed by atoms with Gasteiger partial charge in [-0.25, -0.2) is 0 Å². The van der Waals surface area contributed by atoms with E-state index in [4.69, 9.17) is 0 Å². The van der Waals surface area contributed by atoms with Crippen molar-refractivity contribution in [3.63, 3.8) is 0 Å². The van der Waals surface area contributed by atoms with E-state index in [0.717, 1.165) is 37.2 Å². The molecule has 0 aromatic heterocycles. The zero-order valence-corrected chi connectivity index (χ0v) is 14.3. The van der Waals surface area contributed by atoms with Crippen molar-refractivity contribution in [2.75, 3.05) is 24.5 Å². The quantitative estimate of drug-likeness (QED) is 0.738. The molecule has 0 heterocycles. The Balaban J connectivity index is 2.72. The van der Waals surface area contributed by atoms with Crippen LogP contribution in [0.5, 0.6) is 0 Å². The molecule has 122 valence electrons. The third-order valence-corrected chi connectivity index (χ3v) is 3.58. The Bertz CT molecular complexity index is 494. The third-order valence-electron chi connectivity index (χ3n) is 3.58. The highest BCUT2D eigenvalue weighted by Crippen LogP contribution is 2.17. The summed E-state index contributed by atoms with van der Waals surface area (Å²) >= 11 is 0. The molecule has 1 aromatic rings. The molecule has 0 unspecified atom stereocenters. The highest BCUT2D eigenvalue weighted by Gasteiger charge is 2.16. The number of nitrogens with zero attached hydrogens (tertiary/aromatic N) is 2. The average molecular weight is 304 g/mol. The lowest BCUT2D eigenvalue weighted by Crippen LogP contribution is -2.37. The summed E-state index contributed by atoms with van der Waals surface area (Å²) in [6, 6.07) is 7.82. The second-order valence-electron chi connectivity index (χ2n) is 5.64. The zero-order chi connectivity index (χ0) is 16.5. The van der Waals surface area contributed by atoms with E-state index >= 15 is 0 Å².